The predicted molar refractivity (Wildman–Crippen MR) is 61.4 cm³/mol. The summed E-state index contributed by atoms with van der Waals surface area (Å²) in [6.07, 6.45) is 5.40. The molecular formula is C9H11N7O. The Morgan fingerprint density at radius 1 is 1.00 bits per heavy atom. The lowest BCUT2D eigenvalue weighted by Gasteiger charge is -1.89. The van der Waals surface area contributed by atoms with Gasteiger partial charge < -0.3 is 17.2 Å². The molecule has 1 amide bonds. The van der Waals surface area contributed by atoms with E-state index in [4.69, 9.17) is 17.2 Å². The van der Waals surface area contributed by atoms with E-state index in [0.717, 1.165) is 0 Å². The third-order valence-electron chi connectivity index (χ3n) is 1.55. The Bertz CT molecular complexity index is 470. The largest absolute Gasteiger partial charge is 0.384 e. The molecule has 0 saturated heterocycles. The second kappa shape index (κ2) is 5.95. The number of carbonyl (C=O) groups excluding carboxylic acids is 1. The number of nitrogens with two attached hydrogens (primary N) is 3. The quantitative estimate of drug-likeness (QED) is 0.585. The monoisotopic (exact) mass is 233 g/mol. The summed E-state index contributed by atoms with van der Waals surface area (Å²) in [4.78, 5) is 24.8. The summed E-state index contributed by atoms with van der Waals surface area (Å²) in [6.45, 7) is 0. The molecule has 0 aliphatic rings. The number of hydrogen-bond acceptors (Lipinski definition) is 7. The molecule has 0 aromatic carbocycles. The van der Waals surface area contributed by atoms with E-state index in [0.29, 0.717) is 17.2 Å². The fourth-order valence-corrected chi connectivity index (χ4v) is 0.815. The highest BCUT2D eigenvalue weighted by Gasteiger charge is 1.96. The number of amides is 1. The number of primary amides is 1. The van der Waals surface area contributed by atoms with Gasteiger partial charge in [-0.05, 0) is 0 Å². The third-order valence-corrected chi connectivity index (χ3v) is 1.55. The molecule has 0 unspecified atom stereocenters. The van der Waals surface area contributed by atoms with Crippen molar-refractivity contribution in [2.45, 2.75) is 0 Å². The molecule has 0 atom stereocenters. The standard InChI is InChI=1S/C5H5N3O.C4H6N4/c6-5(9)4-1-7-3-8-2-4;5-3-1-4(6)8-2-7-3/h1-3H,(H2,6,9);1-2H,(H4,5,6,7,8). The third kappa shape index (κ3) is 4.51. The molecule has 0 aliphatic heterocycles. The molecule has 2 aromatic rings. The van der Waals surface area contributed by atoms with Gasteiger partial charge >= 0.3 is 0 Å². The molecule has 2 rings (SSSR count). The van der Waals surface area contributed by atoms with E-state index in [2.05, 4.69) is 19.9 Å². The number of hydrogen-bond donors (Lipinski definition) is 3. The van der Waals surface area contributed by atoms with Crippen LogP contribution < -0.4 is 17.2 Å². The van der Waals surface area contributed by atoms with Crippen molar-refractivity contribution in [3.63, 3.8) is 0 Å². The summed E-state index contributed by atoms with van der Waals surface area (Å²) < 4.78 is 0. The van der Waals surface area contributed by atoms with Gasteiger partial charge in [-0.25, -0.2) is 19.9 Å². The van der Waals surface area contributed by atoms with Crippen molar-refractivity contribution in [2.75, 3.05) is 11.5 Å². The van der Waals surface area contributed by atoms with Gasteiger partial charge in [-0.1, -0.05) is 0 Å². The molecule has 8 nitrogen and oxygen atoms in total. The van der Waals surface area contributed by atoms with E-state index < -0.39 is 5.91 Å². The van der Waals surface area contributed by atoms with Gasteiger partial charge in [-0.3, -0.25) is 4.79 Å². The van der Waals surface area contributed by atoms with E-state index in [1.54, 1.807) is 0 Å². The van der Waals surface area contributed by atoms with Gasteiger partial charge in [0.1, 0.15) is 24.3 Å². The van der Waals surface area contributed by atoms with Crippen LogP contribution in [0.2, 0.25) is 0 Å². The summed E-state index contributed by atoms with van der Waals surface area (Å²) in [6, 6.07) is 1.50. The summed E-state index contributed by atoms with van der Waals surface area (Å²) in [5, 5.41) is 0. The first-order valence-electron chi connectivity index (χ1n) is 4.47. The van der Waals surface area contributed by atoms with Crippen molar-refractivity contribution in [1.82, 2.24) is 19.9 Å². The van der Waals surface area contributed by atoms with Crippen LogP contribution in [-0.2, 0) is 0 Å². The smallest absolute Gasteiger partial charge is 0.251 e. The molecule has 0 spiro atoms. The number of nitrogen functional groups attached to an aromatic ring is 2. The van der Waals surface area contributed by atoms with Crippen LogP contribution in [0.3, 0.4) is 0 Å². The summed E-state index contributed by atoms with van der Waals surface area (Å²) in [5.41, 5.74) is 15.7. The molecule has 0 aliphatic carbocycles. The molecule has 17 heavy (non-hydrogen) atoms. The van der Waals surface area contributed by atoms with Crippen LogP contribution in [0.5, 0.6) is 0 Å². The summed E-state index contributed by atoms with van der Waals surface area (Å²) in [7, 11) is 0. The molecule has 0 bridgehead atoms. The van der Waals surface area contributed by atoms with E-state index >= 15 is 0 Å². The molecule has 6 N–H and O–H groups in total. The van der Waals surface area contributed by atoms with E-state index in [1.807, 2.05) is 0 Å². The van der Waals surface area contributed by atoms with Crippen LogP contribution in [0.1, 0.15) is 10.4 Å². The molecule has 0 radical (unpaired) electrons. The van der Waals surface area contributed by atoms with E-state index in [-0.39, 0.29) is 0 Å². The first-order chi connectivity index (χ1) is 8.09. The summed E-state index contributed by atoms with van der Waals surface area (Å²) >= 11 is 0. The molecule has 0 fully saturated rings. The number of nitrogens with zero attached hydrogens (tertiary/aromatic N) is 4. The van der Waals surface area contributed by atoms with Gasteiger partial charge in [0, 0.05) is 18.5 Å². The van der Waals surface area contributed by atoms with Gasteiger partial charge in [0.25, 0.3) is 5.91 Å². The van der Waals surface area contributed by atoms with Gasteiger partial charge in [0.2, 0.25) is 0 Å². The summed E-state index contributed by atoms with van der Waals surface area (Å²) in [5.74, 6) is 0.297. The average molecular weight is 233 g/mol. The van der Waals surface area contributed by atoms with Gasteiger partial charge in [-0.15, -0.1) is 0 Å². The van der Waals surface area contributed by atoms with Crippen molar-refractivity contribution in [1.29, 1.82) is 0 Å². The second-order valence-corrected chi connectivity index (χ2v) is 2.86. The van der Waals surface area contributed by atoms with Crippen LogP contribution >= 0.6 is 0 Å². The fourth-order valence-electron chi connectivity index (χ4n) is 0.815. The van der Waals surface area contributed by atoms with Crippen molar-refractivity contribution in [3.05, 3.63) is 36.7 Å². The minimum Gasteiger partial charge on any atom is -0.384 e. The normalized spacial score (nSPS) is 8.94. The van der Waals surface area contributed by atoms with Crippen LogP contribution in [-0.4, -0.2) is 25.8 Å². The molecule has 2 aromatic heterocycles. The van der Waals surface area contributed by atoms with Crippen molar-refractivity contribution in [3.8, 4) is 0 Å². The van der Waals surface area contributed by atoms with Crippen LogP contribution in [0, 0.1) is 0 Å². The van der Waals surface area contributed by atoms with E-state index in [9.17, 15) is 4.79 Å². The van der Waals surface area contributed by atoms with E-state index in [1.165, 1.54) is 31.1 Å². The number of carbonyl (C=O) groups is 1. The Kier molecular flexibility index (Phi) is 4.31. The van der Waals surface area contributed by atoms with Gasteiger partial charge in [0.15, 0.2) is 0 Å². The van der Waals surface area contributed by atoms with Crippen LogP contribution in [0.15, 0.2) is 31.1 Å². The zero-order chi connectivity index (χ0) is 12.7. The SMILES string of the molecule is NC(=O)c1cncnc1.Nc1cc(N)ncn1. The minimum atomic E-state index is -0.504. The van der Waals surface area contributed by atoms with Gasteiger partial charge in [-0.2, -0.15) is 0 Å². The lowest BCUT2D eigenvalue weighted by molar-refractivity contribution is 0.0999. The highest BCUT2D eigenvalue weighted by molar-refractivity contribution is 5.91. The van der Waals surface area contributed by atoms with Crippen LogP contribution in [0.4, 0.5) is 11.6 Å². The minimum absolute atomic E-state index is 0.331. The molecule has 8 heteroatoms. The average Bonchev–Trinajstić information content (AvgIpc) is 2.30. The Labute approximate surface area is 96.9 Å². The maximum absolute atomic E-state index is 10.3. The highest BCUT2D eigenvalue weighted by Crippen LogP contribution is 1.97. The Hall–Kier alpha value is -2.77. The Balaban J connectivity index is 0.000000171. The van der Waals surface area contributed by atoms with Crippen molar-refractivity contribution >= 4 is 17.5 Å². The lowest BCUT2D eigenvalue weighted by Crippen LogP contribution is -2.11. The topological polar surface area (TPSA) is 147 Å². The molecule has 0 saturated carbocycles. The lowest BCUT2D eigenvalue weighted by atomic mass is 10.3. The Morgan fingerprint density at radius 2 is 1.53 bits per heavy atom. The van der Waals surface area contributed by atoms with Crippen LogP contribution in [0.25, 0.3) is 0 Å². The van der Waals surface area contributed by atoms with Crippen molar-refractivity contribution < 1.29 is 4.79 Å². The number of anilines is 2. The molecular weight excluding hydrogens is 222 g/mol. The Morgan fingerprint density at radius 3 is 1.82 bits per heavy atom. The fraction of sp³-hybridized carbons (Fsp3) is 0. The highest BCUT2D eigenvalue weighted by atomic mass is 16.1. The first kappa shape index (κ1) is 12.3. The first-order valence-corrected chi connectivity index (χ1v) is 4.47. The van der Waals surface area contributed by atoms with Crippen molar-refractivity contribution in [2.24, 2.45) is 5.73 Å². The maximum Gasteiger partial charge on any atom is 0.251 e. The zero-order valence-corrected chi connectivity index (χ0v) is 8.82. The second-order valence-electron chi connectivity index (χ2n) is 2.86. The predicted octanol–water partition coefficient (Wildman–Crippen LogP) is -0.783. The van der Waals surface area contributed by atoms with Gasteiger partial charge in [0.05, 0.1) is 5.56 Å². The maximum atomic E-state index is 10.3. The zero-order valence-electron chi connectivity index (χ0n) is 8.82. The number of rotatable bonds is 1. The number of aromatic nitrogens is 4. The molecule has 2 heterocycles. The molecule has 88 valence electrons.